The highest BCUT2D eigenvalue weighted by Gasteiger charge is 2.71. The first kappa shape index (κ1) is 30.6. The molecule has 2 saturated carbocycles. The fourth-order valence-electron chi connectivity index (χ4n) is 8.38. The van der Waals surface area contributed by atoms with Crippen LogP contribution in [0.5, 0.6) is 17.6 Å². The van der Waals surface area contributed by atoms with Crippen LogP contribution < -0.4 is 19.7 Å². The Balaban J connectivity index is 1.14. The molecule has 4 atom stereocenters. The van der Waals surface area contributed by atoms with Crippen molar-refractivity contribution < 1.29 is 32.1 Å². The van der Waals surface area contributed by atoms with Crippen LogP contribution in [0, 0.1) is 41.2 Å². The van der Waals surface area contributed by atoms with Gasteiger partial charge in [0.25, 0.3) is 5.92 Å². The van der Waals surface area contributed by atoms with Gasteiger partial charge in [0.15, 0.2) is 5.82 Å². The lowest BCUT2D eigenvalue weighted by Crippen LogP contribution is -2.51. The van der Waals surface area contributed by atoms with Gasteiger partial charge in [-0.3, -0.25) is 0 Å². The summed E-state index contributed by atoms with van der Waals surface area (Å²) in [7, 11) is 1.42. The van der Waals surface area contributed by atoms with E-state index < -0.39 is 29.4 Å². The summed E-state index contributed by atoms with van der Waals surface area (Å²) in [5.74, 6) is -2.49. The van der Waals surface area contributed by atoms with Crippen LogP contribution in [0.15, 0.2) is 24.3 Å². The topological polar surface area (TPSA) is 95.9 Å². The monoisotopic (exact) mass is 674 g/mol. The second kappa shape index (κ2) is 10.8. The fourth-order valence-corrected chi connectivity index (χ4v) is 8.38. The number of likely N-dealkylation sites (tertiary alicyclic amines) is 1. The maximum atomic E-state index is 17.0. The van der Waals surface area contributed by atoms with E-state index in [2.05, 4.69) is 31.0 Å². The quantitative estimate of drug-likeness (QED) is 0.195. The maximum Gasteiger partial charge on any atom is 0.319 e. The number of pyridine rings is 1. The van der Waals surface area contributed by atoms with E-state index in [1.807, 2.05) is 0 Å². The number of phenols is 1. The fraction of sp³-hybridized carbons (Fsp3) is 0.472. The highest BCUT2D eigenvalue weighted by atomic mass is 19.3. The Hall–Kier alpha value is -4.41. The molecule has 0 spiro atoms. The van der Waals surface area contributed by atoms with Gasteiger partial charge in [-0.1, -0.05) is 12.0 Å². The molecule has 5 heterocycles. The van der Waals surface area contributed by atoms with Gasteiger partial charge in [-0.25, -0.2) is 22.5 Å². The minimum absolute atomic E-state index is 0.0234. The average Bonchev–Trinajstić information content (AvgIpc) is 3.80. The number of piperazine rings is 1. The van der Waals surface area contributed by atoms with Crippen molar-refractivity contribution in [3.8, 4) is 41.2 Å². The first-order valence-electron chi connectivity index (χ1n) is 16.7. The standard InChI is InChI=1S/C36H34F4N6O3/c1-3-22-26(37)7-4-18-10-21(47)11-23(27(18)22)30-29(38)31-28(33(42-30)48-2)32(46-12-19-5-6-20(13-46)41-19)44-34(43-31)49-17-35(8-9-35)16-45-14-24-25(15-45)36(24,39)40/h1,4,7,10-11,19-20,24-25,41,47H,5-6,8-9,12-17H2,2H3. The molecule has 4 aromatic rings. The normalized spacial score (nSPS) is 26.2. The summed E-state index contributed by atoms with van der Waals surface area (Å²) < 4.78 is 71.6. The Morgan fingerprint density at radius 1 is 1.02 bits per heavy atom. The van der Waals surface area contributed by atoms with Crippen LogP contribution >= 0.6 is 0 Å². The summed E-state index contributed by atoms with van der Waals surface area (Å²) in [6.07, 6.45) is 9.48. The van der Waals surface area contributed by atoms with E-state index in [1.54, 1.807) is 0 Å². The van der Waals surface area contributed by atoms with Gasteiger partial charge in [0.2, 0.25) is 5.88 Å². The average molecular weight is 675 g/mol. The van der Waals surface area contributed by atoms with E-state index in [0.717, 1.165) is 25.7 Å². The van der Waals surface area contributed by atoms with Crippen molar-refractivity contribution >= 4 is 27.5 Å². The third-order valence-electron chi connectivity index (χ3n) is 11.2. The van der Waals surface area contributed by atoms with Crippen molar-refractivity contribution in [2.45, 2.75) is 43.7 Å². The van der Waals surface area contributed by atoms with Crippen molar-refractivity contribution in [2.75, 3.05) is 51.3 Å². The number of nitrogens with one attached hydrogen (secondary N) is 1. The first-order chi connectivity index (χ1) is 23.6. The molecule has 49 heavy (non-hydrogen) atoms. The Kier molecular flexibility index (Phi) is 6.75. The molecule has 5 aliphatic rings. The van der Waals surface area contributed by atoms with Crippen molar-refractivity contribution in [1.29, 1.82) is 0 Å². The molecule has 3 saturated heterocycles. The molecule has 5 fully saturated rings. The number of methoxy groups -OCH3 is 1. The van der Waals surface area contributed by atoms with Crippen LogP contribution in [0.25, 0.3) is 32.9 Å². The molecular formula is C36H34F4N6O3. The SMILES string of the molecule is C#Cc1c(F)ccc2cc(O)cc(-c3nc(OC)c4c(N5CC6CCC(C5)N6)nc(OCC5(CN6CC7C(C6)C7(F)F)CC5)nc4c3F)c12. The predicted molar refractivity (Wildman–Crippen MR) is 174 cm³/mol. The summed E-state index contributed by atoms with van der Waals surface area (Å²) in [6.45, 7) is 2.93. The van der Waals surface area contributed by atoms with Gasteiger partial charge < -0.3 is 29.7 Å². The second-order valence-corrected chi connectivity index (χ2v) is 14.4. The number of phenolic OH excluding ortho intramolecular Hbond substituents is 1. The summed E-state index contributed by atoms with van der Waals surface area (Å²) in [5, 5.41) is 15.1. The highest BCUT2D eigenvalue weighted by Crippen LogP contribution is 2.60. The first-order valence-corrected chi connectivity index (χ1v) is 16.7. The van der Waals surface area contributed by atoms with E-state index in [0.29, 0.717) is 43.9 Å². The third-order valence-corrected chi connectivity index (χ3v) is 11.2. The Morgan fingerprint density at radius 3 is 2.43 bits per heavy atom. The van der Waals surface area contributed by atoms with Crippen LogP contribution in [0.2, 0.25) is 0 Å². The van der Waals surface area contributed by atoms with Gasteiger partial charge in [0.1, 0.15) is 34.0 Å². The van der Waals surface area contributed by atoms with Crippen molar-refractivity contribution in [2.24, 2.45) is 17.3 Å². The van der Waals surface area contributed by atoms with Crippen LogP contribution in [0.3, 0.4) is 0 Å². The molecule has 254 valence electrons. The van der Waals surface area contributed by atoms with Crippen LogP contribution in [0.1, 0.15) is 31.2 Å². The molecule has 2 aliphatic carbocycles. The summed E-state index contributed by atoms with van der Waals surface area (Å²) >= 11 is 0. The molecule has 2 N–H and O–H groups in total. The van der Waals surface area contributed by atoms with Gasteiger partial charge in [-0.15, -0.1) is 6.42 Å². The summed E-state index contributed by atoms with van der Waals surface area (Å²) in [6, 6.07) is 5.82. The lowest BCUT2D eigenvalue weighted by atomic mass is 9.95. The highest BCUT2D eigenvalue weighted by molar-refractivity contribution is 6.04. The van der Waals surface area contributed by atoms with Crippen molar-refractivity contribution in [3.05, 3.63) is 41.5 Å². The Labute approximate surface area is 279 Å². The minimum Gasteiger partial charge on any atom is -0.508 e. The molecule has 2 aromatic carbocycles. The van der Waals surface area contributed by atoms with E-state index in [9.17, 15) is 18.3 Å². The maximum absolute atomic E-state index is 17.0. The molecule has 4 unspecified atom stereocenters. The molecule has 9 rings (SSSR count). The zero-order valence-corrected chi connectivity index (χ0v) is 26.8. The van der Waals surface area contributed by atoms with E-state index >= 15 is 4.39 Å². The van der Waals surface area contributed by atoms with Crippen LogP contribution in [0.4, 0.5) is 23.4 Å². The van der Waals surface area contributed by atoms with Crippen LogP contribution in [-0.2, 0) is 0 Å². The summed E-state index contributed by atoms with van der Waals surface area (Å²) in [5.41, 5.74) is -0.561. The lowest BCUT2D eigenvalue weighted by molar-refractivity contribution is 0.0460. The predicted octanol–water partition coefficient (Wildman–Crippen LogP) is 5.12. The zero-order chi connectivity index (χ0) is 33.8. The number of halogens is 4. The number of aromatic hydroxyl groups is 1. The van der Waals surface area contributed by atoms with Gasteiger partial charge in [-0.2, -0.15) is 9.97 Å². The number of hydrogen-bond acceptors (Lipinski definition) is 9. The number of terminal acetylenes is 1. The second-order valence-electron chi connectivity index (χ2n) is 14.4. The van der Waals surface area contributed by atoms with Gasteiger partial charge in [-0.05, 0) is 49.3 Å². The van der Waals surface area contributed by atoms with Crippen LogP contribution in [-0.4, -0.2) is 89.4 Å². The Bertz CT molecular complexity index is 2060. The number of nitrogens with zero attached hydrogens (tertiary/aromatic N) is 5. The van der Waals surface area contributed by atoms with E-state index in [1.165, 1.54) is 31.4 Å². The number of hydrogen-bond donors (Lipinski definition) is 2. The number of rotatable bonds is 8. The molecule has 2 aromatic heterocycles. The molecular weight excluding hydrogens is 640 g/mol. The molecule has 0 amide bonds. The number of ether oxygens (including phenoxy) is 2. The lowest BCUT2D eigenvalue weighted by Gasteiger charge is -2.34. The number of anilines is 1. The molecule has 3 aliphatic heterocycles. The minimum atomic E-state index is -2.54. The van der Waals surface area contributed by atoms with Gasteiger partial charge in [0, 0.05) is 73.0 Å². The van der Waals surface area contributed by atoms with E-state index in [4.69, 9.17) is 20.9 Å². The molecule has 0 radical (unpaired) electrons. The molecule has 9 nitrogen and oxygen atoms in total. The van der Waals surface area contributed by atoms with E-state index in [-0.39, 0.29) is 74.9 Å². The number of fused-ring (bicyclic) bond motifs is 5. The summed E-state index contributed by atoms with van der Waals surface area (Å²) in [4.78, 5) is 18.2. The molecule has 13 heteroatoms. The van der Waals surface area contributed by atoms with Crippen molar-refractivity contribution in [3.63, 3.8) is 0 Å². The number of benzene rings is 2. The Morgan fingerprint density at radius 2 is 1.76 bits per heavy atom. The smallest absolute Gasteiger partial charge is 0.319 e. The molecule has 2 bridgehead atoms. The van der Waals surface area contributed by atoms with Crippen molar-refractivity contribution in [1.82, 2.24) is 25.2 Å². The number of alkyl halides is 2. The number of piperidine rings is 1. The van der Waals surface area contributed by atoms with Gasteiger partial charge in [0.05, 0.1) is 19.3 Å². The zero-order valence-electron chi connectivity index (χ0n) is 26.8. The van der Waals surface area contributed by atoms with Gasteiger partial charge >= 0.3 is 6.01 Å². The third kappa shape index (κ3) is 4.94. The largest absolute Gasteiger partial charge is 0.508 e. The number of aromatic nitrogens is 3.